The van der Waals surface area contributed by atoms with Crippen molar-refractivity contribution in [3.8, 4) is 0 Å². The fourth-order valence-corrected chi connectivity index (χ4v) is 4.62. The first-order valence-electron chi connectivity index (χ1n) is 13.7. The van der Waals surface area contributed by atoms with Crippen LogP contribution in [0.2, 0.25) is 0 Å². The van der Waals surface area contributed by atoms with E-state index in [4.69, 9.17) is 9.84 Å². The van der Waals surface area contributed by atoms with Gasteiger partial charge in [-0.3, -0.25) is 14.4 Å². The molecule has 0 heterocycles. The summed E-state index contributed by atoms with van der Waals surface area (Å²) in [5.74, 6) is -0.145. The Hall–Kier alpha value is -1.59. The Morgan fingerprint density at radius 1 is 0.833 bits per heavy atom. The summed E-state index contributed by atoms with van der Waals surface area (Å²) in [6, 6.07) is 0. The van der Waals surface area contributed by atoms with Gasteiger partial charge in [-0.15, -0.1) is 0 Å². The Balaban J connectivity index is 0.000000603. The Morgan fingerprint density at radius 2 is 1.28 bits per heavy atom. The van der Waals surface area contributed by atoms with Gasteiger partial charge < -0.3 is 14.6 Å². The number of hydrogen-bond acceptors (Lipinski definition) is 5. The van der Waals surface area contributed by atoms with Gasteiger partial charge in [-0.2, -0.15) is 0 Å². The summed E-state index contributed by atoms with van der Waals surface area (Å²) in [6.07, 6.45) is 7.24. The zero-order valence-electron chi connectivity index (χ0n) is 25.6. The SMILES string of the molecule is CCC(C)(C)C(=O)O.CCC(C)(C)C(=O)OC.CCC(C)(C)C(=O)OC1CC2CCC1(C)CC2(C)C. The first kappa shape index (κ1) is 34.4. The number of rotatable bonds is 7. The molecular weight excluding hydrogens is 456 g/mol. The average Bonchev–Trinajstić information content (AvgIpc) is 2.79. The van der Waals surface area contributed by atoms with E-state index in [1.165, 1.54) is 26.4 Å². The van der Waals surface area contributed by atoms with Crippen molar-refractivity contribution >= 4 is 17.9 Å². The Kier molecular flexibility index (Phi) is 12.2. The number of esters is 2. The molecule has 3 fully saturated rings. The van der Waals surface area contributed by atoms with E-state index in [9.17, 15) is 14.4 Å². The number of carbonyl (C=O) groups is 3. The van der Waals surface area contributed by atoms with Crippen molar-refractivity contribution < 1.29 is 29.0 Å². The Bertz CT molecular complexity index is 749. The van der Waals surface area contributed by atoms with Crippen molar-refractivity contribution in [3.63, 3.8) is 0 Å². The van der Waals surface area contributed by atoms with Crippen molar-refractivity contribution in [1.82, 2.24) is 0 Å². The quantitative estimate of drug-likeness (QED) is 0.352. The number of hydrogen-bond donors (Lipinski definition) is 1. The van der Waals surface area contributed by atoms with Crippen LogP contribution in [0.25, 0.3) is 0 Å². The van der Waals surface area contributed by atoms with Crippen molar-refractivity contribution in [2.75, 3.05) is 7.11 Å². The highest BCUT2D eigenvalue weighted by molar-refractivity contribution is 5.76. The summed E-state index contributed by atoms with van der Waals surface area (Å²) in [5.41, 5.74) is -0.592. The molecule has 0 saturated heterocycles. The summed E-state index contributed by atoms with van der Waals surface area (Å²) in [6.45, 7) is 24.1. The predicted molar refractivity (Wildman–Crippen MR) is 146 cm³/mol. The second-order valence-corrected chi connectivity index (χ2v) is 13.7. The van der Waals surface area contributed by atoms with Crippen LogP contribution in [-0.4, -0.2) is 36.2 Å². The molecule has 0 amide bonds. The minimum absolute atomic E-state index is 0.00780. The molecule has 3 aliphatic carbocycles. The Labute approximate surface area is 221 Å². The maximum Gasteiger partial charge on any atom is 0.311 e. The fraction of sp³-hybridized carbons (Fsp3) is 0.900. The molecule has 1 N–H and O–H groups in total. The molecule has 0 aromatic rings. The average molecular weight is 513 g/mol. The van der Waals surface area contributed by atoms with Gasteiger partial charge in [0.05, 0.1) is 23.4 Å². The number of ether oxygens (including phenoxy) is 2. The maximum atomic E-state index is 12.3. The normalized spacial score (nSPS) is 24.9. The zero-order chi connectivity index (χ0) is 28.8. The van der Waals surface area contributed by atoms with E-state index in [1.807, 2.05) is 41.5 Å². The van der Waals surface area contributed by atoms with E-state index >= 15 is 0 Å². The van der Waals surface area contributed by atoms with Gasteiger partial charge in [0.1, 0.15) is 6.10 Å². The lowest BCUT2D eigenvalue weighted by molar-refractivity contribution is -0.187. The number of carboxylic acid groups (broad SMARTS) is 1. The molecule has 3 aliphatic rings. The van der Waals surface area contributed by atoms with Gasteiger partial charge in [0.2, 0.25) is 0 Å². The van der Waals surface area contributed by atoms with Crippen LogP contribution in [0.1, 0.15) is 128 Å². The third-order valence-electron chi connectivity index (χ3n) is 9.07. The number of methoxy groups -OCH3 is 1. The Morgan fingerprint density at radius 3 is 1.56 bits per heavy atom. The van der Waals surface area contributed by atoms with E-state index in [2.05, 4.69) is 32.4 Å². The minimum Gasteiger partial charge on any atom is -0.481 e. The first-order valence-corrected chi connectivity index (χ1v) is 13.7. The van der Waals surface area contributed by atoms with E-state index in [1.54, 1.807) is 13.8 Å². The second kappa shape index (κ2) is 12.8. The minimum atomic E-state index is -0.722. The van der Waals surface area contributed by atoms with E-state index in [-0.39, 0.29) is 34.3 Å². The van der Waals surface area contributed by atoms with Crippen LogP contribution in [0, 0.1) is 33.0 Å². The van der Waals surface area contributed by atoms with Gasteiger partial charge in [0.15, 0.2) is 0 Å². The van der Waals surface area contributed by atoms with E-state index in [0.29, 0.717) is 11.8 Å². The number of fused-ring (bicyclic) bond motifs is 3. The van der Waals surface area contributed by atoms with E-state index in [0.717, 1.165) is 25.2 Å². The summed E-state index contributed by atoms with van der Waals surface area (Å²) >= 11 is 0. The third-order valence-corrected chi connectivity index (χ3v) is 9.07. The van der Waals surface area contributed by atoms with Gasteiger partial charge in [-0.1, -0.05) is 41.5 Å². The lowest BCUT2D eigenvalue weighted by Crippen LogP contribution is -2.53. The second-order valence-electron chi connectivity index (χ2n) is 13.7. The van der Waals surface area contributed by atoms with Gasteiger partial charge in [-0.25, -0.2) is 0 Å². The van der Waals surface area contributed by atoms with Crippen LogP contribution in [0.3, 0.4) is 0 Å². The lowest BCUT2D eigenvalue weighted by atomic mass is 9.50. The monoisotopic (exact) mass is 512 g/mol. The van der Waals surface area contributed by atoms with Crippen molar-refractivity contribution in [2.45, 2.75) is 134 Å². The number of aliphatic carboxylic acids is 1. The molecule has 6 nitrogen and oxygen atoms in total. The molecule has 0 radical (unpaired) electrons. The topological polar surface area (TPSA) is 89.9 Å². The molecule has 0 spiro atoms. The summed E-state index contributed by atoms with van der Waals surface area (Å²) in [4.78, 5) is 33.4. The predicted octanol–water partition coefficient (Wildman–Crippen LogP) is 7.67. The molecule has 3 saturated carbocycles. The van der Waals surface area contributed by atoms with Crippen LogP contribution < -0.4 is 0 Å². The summed E-state index contributed by atoms with van der Waals surface area (Å²) in [7, 11) is 1.42. The van der Waals surface area contributed by atoms with Crippen LogP contribution in [0.5, 0.6) is 0 Å². The standard InChI is InChI=1S/C17H30O2.C7H14O2.C6H12O2/c1-7-15(2,3)14(18)19-13-10-12-8-9-17(13,6)11-16(12,4)5;1-5-7(2,3)6(8)9-4;1-4-6(2,3)5(7)8/h12-13H,7-11H2,1-6H3;5H2,1-4H3;4H2,1-3H3,(H,7,8). The van der Waals surface area contributed by atoms with Gasteiger partial charge in [0.25, 0.3) is 0 Å². The molecule has 2 bridgehead atoms. The van der Waals surface area contributed by atoms with Crippen LogP contribution >= 0.6 is 0 Å². The lowest BCUT2D eigenvalue weighted by Gasteiger charge is -2.57. The van der Waals surface area contributed by atoms with Gasteiger partial charge >= 0.3 is 17.9 Å². The number of carboxylic acids is 1. The van der Waals surface area contributed by atoms with Crippen LogP contribution in [0.15, 0.2) is 0 Å². The third kappa shape index (κ3) is 9.06. The first-order chi connectivity index (χ1) is 16.2. The van der Waals surface area contributed by atoms with Crippen molar-refractivity contribution in [3.05, 3.63) is 0 Å². The molecule has 36 heavy (non-hydrogen) atoms. The highest BCUT2D eigenvalue weighted by Gasteiger charge is 2.54. The molecular formula is C30H56O6. The maximum absolute atomic E-state index is 12.3. The van der Waals surface area contributed by atoms with Crippen molar-refractivity contribution in [1.29, 1.82) is 0 Å². The molecule has 0 aromatic heterocycles. The largest absolute Gasteiger partial charge is 0.481 e. The van der Waals surface area contributed by atoms with Crippen LogP contribution in [-0.2, 0) is 23.9 Å². The zero-order valence-corrected chi connectivity index (χ0v) is 25.6. The molecule has 0 aromatic carbocycles. The smallest absolute Gasteiger partial charge is 0.311 e. The fourth-order valence-electron chi connectivity index (χ4n) is 4.62. The molecule has 212 valence electrons. The van der Waals surface area contributed by atoms with Crippen molar-refractivity contribution in [2.24, 2.45) is 33.0 Å². The molecule has 0 aliphatic heterocycles. The summed E-state index contributed by atoms with van der Waals surface area (Å²) in [5, 5.41) is 8.44. The molecule has 3 rings (SSSR count). The van der Waals surface area contributed by atoms with Gasteiger partial charge in [0, 0.05) is 5.41 Å². The van der Waals surface area contributed by atoms with Gasteiger partial charge in [-0.05, 0) is 97.8 Å². The molecule has 6 heteroatoms. The number of carbonyl (C=O) groups excluding carboxylic acids is 2. The molecule has 3 unspecified atom stereocenters. The highest BCUT2D eigenvalue weighted by Crippen LogP contribution is 2.59. The van der Waals surface area contributed by atoms with Crippen LogP contribution in [0.4, 0.5) is 0 Å². The highest BCUT2D eigenvalue weighted by atomic mass is 16.5. The van der Waals surface area contributed by atoms with E-state index < -0.39 is 11.4 Å². The summed E-state index contributed by atoms with van der Waals surface area (Å²) < 4.78 is 10.5. The molecule has 3 atom stereocenters.